The van der Waals surface area contributed by atoms with Crippen LogP contribution in [0.15, 0.2) is 30.3 Å². The van der Waals surface area contributed by atoms with Gasteiger partial charge in [-0.25, -0.2) is 4.39 Å². The molecule has 0 aromatic heterocycles. The van der Waals surface area contributed by atoms with E-state index in [1.165, 1.54) is 44.4 Å². The minimum absolute atomic E-state index is 0.0722. The molecule has 1 fully saturated rings. The normalized spacial score (nSPS) is 16.0. The maximum absolute atomic E-state index is 13.3. The molecule has 0 saturated carbocycles. The summed E-state index contributed by atoms with van der Waals surface area (Å²) >= 11 is 0. The fourth-order valence-electron chi connectivity index (χ4n) is 3.36. The average molecular weight is 402 g/mol. The van der Waals surface area contributed by atoms with Crippen LogP contribution >= 0.6 is 0 Å². The first-order chi connectivity index (χ1) is 13.9. The molecule has 0 radical (unpaired) electrons. The van der Waals surface area contributed by atoms with Crippen molar-refractivity contribution < 1.29 is 28.2 Å². The van der Waals surface area contributed by atoms with Gasteiger partial charge in [0.2, 0.25) is 17.6 Å². The largest absolute Gasteiger partial charge is 0.493 e. The fourth-order valence-corrected chi connectivity index (χ4v) is 3.36. The highest BCUT2D eigenvalue weighted by Crippen LogP contribution is 2.42. The molecular formula is C21H23FN2O5. The van der Waals surface area contributed by atoms with Gasteiger partial charge in [0.25, 0.3) is 0 Å². The highest BCUT2D eigenvalue weighted by molar-refractivity contribution is 6.04. The summed E-state index contributed by atoms with van der Waals surface area (Å²) in [5, 5.41) is 2.78. The van der Waals surface area contributed by atoms with E-state index in [1.807, 2.05) is 0 Å². The smallest absolute Gasteiger partial charge is 0.229 e. The Hall–Kier alpha value is -3.29. The SMILES string of the molecule is COc1cc(N2CC(C(=O)Nc3ccc(F)cc3C)CC2=O)cc(OC)c1OC. The Labute approximate surface area is 168 Å². The summed E-state index contributed by atoms with van der Waals surface area (Å²) in [5.74, 6) is -0.116. The minimum Gasteiger partial charge on any atom is -0.493 e. The molecule has 2 aromatic rings. The molecule has 1 atom stereocenters. The predicted molar refractivity (Wildman–Crippen MR) is 106 cm³/mol. The molecule has 1 unspecified atom stereocenters. The Balaban J connectivity index is 1.80. The number of amides is 2. The number of benzene rings is 2. The topological polar surface area (TPSA) is 77.1 Å². The molecule has 2 amide bonds. The van der Waals surface area contributed by atoms with Crippen molar-refractivity contribution in [2.24, 2.45) is 5.92 Å². The average Bonchev–Trinajstić information content (AvgIpc) is 3.10. The van der Waals surface area contributed by atoms with Crippen molar-refractivity contribution in [3.05, 3.63) is 41.7 Å². The predicted octanol–water partition coefficient (Wildman–Crippen LogP) is 3.15. The second kappa shape index (κ2) is 8.38. The van der Waals surface area contributed by atoms with Gasteiger partial charge in [-0.05, 0) is 30.7 Å². The summed E-state index contributed by atoms with van der Waals surface area (Å²) < 4.78 is 29.2. The Morgan fingerprint density at radius 3 is 2.31 bits per heavy atom. The van der Waals surface area contributed by atoms with Crippen molar-refractivity contribution >= 4 is 23.2 Å². The Morgan fingerprint density at radius 1 is 1.10 bits per heavy atom. The van der Waals surface area contributed by atoms with Gasteiger partial charge in [-0.1, -0.05) is 0 Å². The zero-order chi connectivity index (χ0) is 21.1. The van der Waals surface area contributed by atoms with Gasteiger partial charge in [0, 0.05) is 30.8 Å². The van der Waals surface area contributed by atoms with E-state index in [9.17, 15) is 14.0 Å². The summed E-state index contributed by atoms with van der Waals surface area (Å²) in [5.41, 5.74) is 1.69. The fraction of sp³-hybridized carbons (Fsp3) is 0.333. The van der Waals surface area contributed by atoms with Crippen molar-refractivity contribution in [1.29, 1.82) is 0 Å². The van der Waals surface area contributed by atoms with Crippen molar-refractivity contribution in [3.8, 4) is 17.2 Å². The van der Waals surface area contributed by atoms with Gasteiger partial charge in [0.05, 0.1) is 32.9 Å². The molecule has 1 aliphatic rings. The van der Waals surface area contributed by atoms with Crippen molar-refractivity contribution in [2.75, 3.05) is 38.1 Å². The van der Waals surface area contributed by atoms with Gasteiger partial charge in [-0.2, -0.15) is 0 Å². The molecule has 8 heteroatoms. The Kier molecular flexibility index (Phi) is 5.91. The Morgan fingerprint density at radius 2 is 1.76 bits per heavy atom. The molecule has 0 bridgehead atoms. The molecule has 2 aromatic carbocycles. The van der Waals surface area contributed by atoms with E-state index in [4.69, 9.17) is 14.2 Å². The quantitative estimate of drug-likeness (QED) is 0.803. The summed E-state index contributed by atoms with van der Waals surface area (Å²) in [7, 11) is 4.49. The van der Waals surface area contributed by atoms with Gasteiger partial charge in [0.1, 0.15) is 5.82 Å². The number of rotatable bonds is 6. The molecule has 154 valence electrons. The highest BCUT2D eigenvalue weighted by Gasteiger charge is 2.36. The third kappa shape index (κ3) is 4.11. The van der Waals surface area contributed by atoms with Crippen molar-refractivity contribution in [1.82, 2.24) is 0 Å². The number of nitrogens with zero attached hydrogens (tertiary/aromatic N) is 1. The second-order valence-electron chi connectivity index (χ2n) is 6.74. The lowest BCUT2D eigenvalue weighted by atomic mass is 10.1. The van der Waals surface area contributed by atoms with Crippen LogP contribution < -0.4 is 24.4 Å². The van der Waals surface area contributed by atoms with E-state index >= 15 is 0 Å². The van der Waals surface area contributed by atoms with Crippen LogP contribution in [0.5, 0.6) is 17.2 Å². The highest BCUT2D eigenvalue weighted by atomic mass is 19.1. The number of halogens is 1. The molecule has 1 heterocycles. The van der Waals surface area contributed by atoms with Crippen molar-refractivity contribution in [3.63, 3.8) is 0 Å². The number of ether oxygens (including phenoxy) is 3. The van der Waals surface area contributed by atoms with E-state index in [0.717, 1.165) is 0 Å². The third-order valence-electron chi connectivity index (χ3n) is 4.90. The number of anilines is 2. The zero-order valence-corrected chi connectivity index (χ0v) is 16.7. The number of hydrogen-bond donors (Lipinski definition) is 1. The maximum Gasteiger partial charge on any atom is 0.229 e. The van der Waals surface area contributed by atoms with Gasteiger partial charge in [-0.3, -0.25) is 9.59 Å². The molecule has 29 heavy (non-hydrogen) atoms. The minimum atomic E-state index is -0.536. The number of carbonyl (C=O) groups is 2. The standard InChI is InChI=1S/C21H23FN2O5/c1-12-7-14(22)5-6-16(12)23-21(26)13-8-19(25)24(11-13)15-9-17(27-2)20(29-4)18(10-15)28-3/h5-7,9-10,13H,8,11H2,1-4H3,(H,23,26). The summed E-state index contributed by atoms with van der Waals surface area (Å²) in [6.07, 6.45) is 0.0722. The monoisotopic (exact) mass is 402 g/mol. The lowest BCUT2D eigenvalue weighted by Gasteiger charge is -2.20. The summed E-state index contributed by atoms with van der Waals surface area (Å²) in [4.78, 5) is 26.8. The lowest BCUT2D eigenvalue weighted by molar-refractivity contribution is -0.122. The van der Waals surface area contributed by atoms with Crippen molar-refractivity contribution in [2.45, 2.75) is 13.3 Å². The van der Waals surface area contributed by atoms with Crippen LogP contribution in [-0.2, 0) is 9.59 Å². The van der Waals surface area contributed by atoms with Gasteiger partial charge in [-0.15, -0.1) is 0 Å². The first-order valence-corrected chi connectivity index (χ1v) is 9.05. The van der Waals surface area contributed by atoms with Crippen LogP contribution in [0.25, 0.3) is 0 Å². The van der Waals surface area contributed by atoms with E-state index in [1.54, 1.807) is 19.1 Å². The molecule has 7 nitrogen and oxygen atoms in total. The zero-order valence-electron chi connectivity index (χ0n) is 16.7. The molecule has 1 saturated heterocycles. The Bertz CT molecular complexity index is 922. The number of aryl methyl sites for hydroxylation is 1. The second-order valence-corrected chi connectivity index (χ2v) is 6.74. The van der Waals surface area contributed by atoms with Crippen LogP contribution in [0.3, 0.4) is 0 Å². The lowest BCUT2D eigenvalue weighted by Crippen LogP contribution is -2.28. The number of hydrogen-bond acceptors (Lipinski definition) is 5. The van der Waals surface area contributed by atoms with E-state index in [0.29, 0.717) is 34.2 Å². The molecule has 1 N–H and O–H groups in total. The van der Waals surface area contributed by atoms with Crippen LogP contribution in [0.2, 0.25) is 0 Å². The summed E-state index contributed by atoms with van der Waals surface area (Å²) in [6, 6.07) is 7.48. The van der Waals surface area contributed by atoms with E-state index in [2.05, 4.69) is 5.32 Å². The number of carbonyl (C=O) groups excluding carboxylic acids is 2. The first kappa shape index (κ1) is 20.4. The van der Waals surface area contributed by atoms with E-state index in [-0.39, 0.29) is 30.6 Å². The van der Waals surface area contributed by atoms with Crippen LogP contribution in [0, 0.1) is 18.7 Å². The van der Waals surface area contributed by atoms with Crippen LogP contribution in [0.4, 0.5) is 15.8 Å². The molecule has 1 aliphatic heterocycles. The van der Waals surface area contributed by atoms with Crippen LogP contribution in [-0.4, -0.2) is 39.7 Å². The van der Waals surface area contributed by atoms with Gasteiger partial charge >= 0.3 is 0 Å². The third-order valence-corrected chi connectivity index (χ3v) is 4.90. The number of methoxy groups -OCH3 is 3. The summed E-state index contributed by atoms with van der Waals surface area (Å²) in [6.45, 7) is 1.92. The molecule has 0 aliphatic carbocycles. The molecule has 0 spiro atoms. The number of nitrogens with one attached hydrogen (secondary N) is 1. The van der Waals surface area contributed by atoms with Gasteiger partial charge in [0.15, 0.2) is 11.5 Å². The molecule has 3 rings (SSSR count). The van der Waals surface area contributed by atoms with Crippen LogP contribution in [0.1, 0.15) is 12.0 Å². The molecular weight excluding hydrogens is 379 g/mol. The first-order valence-electron chi connectivity index (χ1n) is 9.05. The maximum atomic E-state index is 13.3. The van der Waals surface area contributed by atoms with Gasteiger partial charge < -0.3 is 24.4 Å². The van der Waals surface area contributed by atoms with E-state index < -0.39 is 5.92 Å².